The largest absolute Gasteiger partial charge is 0.395 e. The highest BCUT2D eigenvalue weighted by atomic mass is 16.3. The Morgan fingerprint density at radius 1 is 1.09 bits per heavy atom. The molecule has 0 aliphatic heterocycles. The lowest BCUT2D eigenvalue weighted by Crippen LogP contribution is -2.53. The van der Waals surface area contributed by atoms with E-state index in [2.05, 4.69) is 6.92 Å². The van der Waals surface area contributed by atoms with E-state index >= 15 is 0 Å². The molecule has 3 nitrogen and oxygen atoms in total. The van der Waals surface area contributed by atoms with Gasteiger partial charge in [-0.3, -0.25) is 9.59 Å². The van der Waals surface area contributed by atoms with E-state index in [0.717, 1.165) is 44.9 Å². The van der Waals surface area contributed by atoms with Crippen molar-refractivity contribution in [2.75, 3.05) is 6.61 Å². The predicted octanol–water partition coefficient (Wildman–Crippen LogP) is 3.06. The lowest BCUT2D eigenvalue weighted by Gasteiger charge is -2.57. The molecule has 1 N–H and O–H groups in total. The Hall–Kier alpha value is -0.960. The van der Waals surface area contributed by atoms with Gasteiger partial charge < -0.3 is 5.11 Å². The van der Waals surface area contributed by atoms with Crippen molar-refractivity contribution in [2.24, 2.45) is 28.6 Å². The molecule has 3 fully saturated rings. The molecule has 22 heavy (non-hydrogen) atoms. The van der Waals surface area contributed by atoms with E-state index in [1.807, 2.05) is 6.08 Å². The maximum atomic E-state index is 12.4. The minimum atomic E-state index is -0.163. The number of aliphatic hydroxyl groups is 1. The van der Waals surface area contributed by atoms with Crippen LogP contribution in [0.3, 0.4) is 0 Å². The number of ketones is 2. The number of rotatable bonds is 1. The molecule has 3 saturated carbocycles. The van der Waals surface area contributed by atoms with Crippen LogP contribution in [0.2, 0.25) is 0 Å². The van der Waals surface area contributed by atoms with Crippen LogP contribution in [0.15, 0.2) is 11.6 Å². The van der Waals surface area contributed by atoms with Crippen LogP contribution in [-0.4, -0.2) is 23.3 Å². The Labute approximate surface area is 132 Å². The minimum absolute atomic E-state index is 0.108. The summed E-state index contributed by atoms with van der Waals surface area (Å²) in [6.07, 6.45) is 9.06. The van der Waals surface area contributed by atoms with Gasteiger partial charge in [0.2, 0.25) is 0 Å². The number of fused-ring (bicyclic) bond motifs is 5. The zero-order valence-corrected chi connectivity index (χ0v) is 13.4. The summed E-state index contributed by atoms with van der Waals surface area (Å²) in [5.74, 6) is 2.22. The molecule has 0 heterocycles. The molecule has 0 bridgehead atoms. The first-order valence-corrected chi connectivity index (χ1v) is 8.89. The second kappa shape index (κ2) is 4.77. The van der Waals surface area contributed by atoms with Crippen LogP contribution in [0.4, 0.5) is 0 Å². The van der Waals surface area contributed by atoms with Gasteiger partial charge in [0.25, 0.3) is 0 Å². The van der Waals surface area contributed by atoms with Gasteiger partial charge in [-0.05, 0) is 62.4 Å². The Morgan fingerprint density at radius 2 is 1.91 bits per heavy atom. The van der Waals surface area contributed by atoms with Crippen molar-refractivity contribution < 1.29 is 14.7 Å². The standard InChI is InChI=1S/C19H26O3/c1-18-8-7-16-14(15(18)4-5-17(18)22)3-2-12-10-13(21)6-9-19(12,16)11-20/h10,14-16,20H,2-9,11H2,1H3/t14-,15-,16+,18+,19-/m1/s1. The Bertz CT molecular complexity index is 563. The molecule has 0 unspecified atom stereocenters. The van der Waals surface area contributed by atoms with E-state index in [4.69, 9.17) is 0 Å². The molecule has 0 radical (unpaired) electrons. The highest BCUT2D eigenvalue weighted by Gasteiger charge is 2.59. The summed E-state index contributed by atoms with van der Waals surface area (Å²) < 4.78 is 0. The molecule has 0 aromatic rings. The van der Waals surface area contributed by atoms with Gasteiger partial charge in [-0.15, -0.1) is 0 Å². The molecule has 3 heteroatoms. The monoisotopic (exact) mass is 302 g/mol. The van der Waals surface area contributed by atoms with E-state index in [0.29, 0.717) is 30.0 Å². The van der Waals surface area contributed by atoms with Crippen LogP contribution < -0.4 is 0 Å². The van der Waals surface area contributed by atoms with Crippen LogP contribution in [0, 0.1) is 28.6 Å². The Balaban J connectivity index is 1.73. The molecule has 4 aliphatic carbocycles. The van der Waals surface area contributed by atoms with Crippen molar-refractivity contribution >= 4 is 11.6 Å². The van der Waals surface area contributed by atoms with Crippen molar-refractivity contribution in [2.45, 2.75) is 58.3 Å². The van der Waals surface area contributed by atoms with Gasteiger partial charge in [0.15, 0.2) is 5.78 Å². The number of carbonyl (C=O) groups excluding carboxylic acids is 2. The van der Waals surface area contributed by atoms with Crippen LogP contribution >= 0.6 is 0 Å². The summed E-state index contributed by atoms with van der Waals surface area (Å²) >= 11 is 0. The summed E-state index contributed by atoms with van der Waals surface area (Å²) in [4.78, 5) is 24.2. The first kappa shape index (κ1) is 14.6. The zero-order valence-electron chi connectivity index (χ0n) is 13.4. The van der Waals surface area contributed by atoms with Crippen molar-refractivity contribution in [3.8, 4) is 0 Å². The molecule has 0 spiro atoms. The molecule has 120 valence electrons. The van der Waals surface area contributed by atoms with Crippen LogP contribution in [0.5, 0.6) is 0 Å². The van der Waals surface area contributed by atoms with Gasteiger partial charge in [-0.25, -0.2) is 0 Å². The summed E-state index contributed by atoms with van der Waals surface area (Å²) in [7, 11) is 0. The highest BCUT2D eigenvalue weighted by molar-refractivity contribution is 5.91. The van der Waals surface area contributed by atoms with Gasteiger partial charge in [0.1, 0.15) is 5.78 Å². The molecule has 4 rings (SSSR count). The topological polar surface area (TPSA) is 54.4 Å². The van der Waals surface area contributed by atoms with Gasteiger partial charge in [0, 0.05) is 23.7 Å². The molecule has 0 aromatic heterocycles. The summed E-state index contributed by atoms with van der Waals surface area (Å²) in [6, 6.07) is 0. The van der Waals surface area contributed by atoms with Crippen molar-refractivity contribution in [1.82, 2.24) is 0 Å². The third-order valence-electron chi connectivity index (χ3n) is 7.68. The fourth-order valence-electron chi connectivity index (χ4n) is 6.43. The number of carbonyl (C=O) groups is 2. The Morgan fingerprint density at radius 3 is 2.68 bits per heavy atom. The van der Waals surface area contributed by atoms with E-state index in [1.165, 1.54) is 5.57 Å². The SMILES string of the molecule is C[C@]12CC[C@H]3[C@H](CCC4=CC(=O)CC[C@@]43CO)[C@H]1CCC2=O. The molecular formula is C19H26O3. The average Bonchev–Trinajstić information content (AvgIpc) is 2.82. The molecule has 0 aromatic carbocycles. The van der Waals surface area contributed by atoms with E-state index in [9.17, 15) is 14.7 Å². The van der Waals surface area contributed by atoms with Gasteiger partial charge >= 0.3 is 0 Å². The first-order chi connectivity index (χ1) is 10.5. The summed E-state index contributed by atoms with van der Waals surface area (Å²) in [5.41, 5.74) is 0.938. The number of Topliss-reactive ketones (excluding diaryl/α,β-unsaturated/α-hetero) is 1. The summed E-state index contributed by atoms with van der Waals surface area (Å²) in [6.45, 7) is 2.36. The summed E-state index contributed by atoms with van der Waals surface area (Å²) in [5, 5.41) is 10.2. The average molecular weight is 302 g/mol. The van der Waals surface area contributed by atoms with Crippen molar-refractivity contribution in [3.63, 3.8) is 0 Å². The predicted molar refractivity (Wildman–Crippen MR) is 83.1 cm³/mol. The fraction of sp³-hybridized carbons (Fsp3) is 0.789. The number of hydrogen-bond donors (Lipinski definition) is 1. The highest BCUT2D eigenvalue weighted by Crippen LogP contribution is 2.64. The second-order valence-electron chi connectivity index (χ2n) is 8.28. The Kier molecular flexibility index (Phi) is 3.17. The van der Waals surface area contributed by atoms with Crippen LogP contribution in [-0.2, 0) is 9.59 Å². The molecule has 5 atom stereocenters. The lowest BCUT2D eigenvalue weighted by atomic mass is 9.47. The molecular weight excluding hydrogens is 276 g/mol. The normalized spacial score (nSPS) is 47.5. The smallest absolute Gasteiger partial charge is 0.155 e. The maximum Gasteiger partial charge on any atom is 0.155 e. The van der Waals surface area contributed by atoms with Crippen molar-refractivity contribution in [1.29, 1.82) is 0 Å². The molecule has 4 aliphatic rings. The van der Waals surface area contributed by atoms with Crippen LogP contribution in [0.25, 0.3) is 0 Å². The van der Waals surface area contributed by atoms with E-state index in [1.54, 1.807) is 0 Å². The third-order valence-corrected chi connectivity index (χ3v) is 7.68. The maximum absolute atomic E-state index is 12.4. The number of aliphatic hydroxyl groups excluding tert-OH is 1. The fourth-order valence-corrected chi connectivity index (χ4v) is 6.43. The first-order valence-electron chi connectivity index (χ1n) is 8.89. The second-order valence-corrected chi connectivity index (χ2v) is 8.28. The van der Waals surface area contributed by atoms with E-state index in [-0.39, 0.29) is 23.2 Å². The quantitative estimate of drug-likeness (QED) is 0.810. The van der Waals surface area contributed by atoms with Gasteiger partial charge in [-0.1, -0.05) is 12.5 Å². The van der Waals surface area contributed by atoms with Gasteiger partial charge in [-0.2, -0.15) is 0 Å². The van der Waals surface area contributed by atoms with Gasteiger partial charge in [0.05, 0.1) is 6.61 Å². The minimum Gasteiger partial charge on any atom is -0.395 e. The molecule has 0 saturated heterocycles. The molecule has 0 amide bonds. The zero-order chi connectivity index (χ0) is 15.5. The van der Waals surface area contributed by atoms with Crippen molar-refractivity contribution in [3.05, 3.63) is 11.6 Å². The van der Waals surface area contributed by atoms with Crippen LogP contribution in [0.1, 0.15) is 58.3 Å². The van der Waals surface area contributed by atoms with E-state index < -0.39 is 0 Å². The lowest BCUT2D eigenvalue weighted by molar-refractivity contribution is -0.134. The number of hydrogen-bond acceptors (Lipinski definition) is 3. The third kappa shape index (κ3) is 1.72.